The number of hydrogen-bond donors (Lipinski definition) is 0. The van der Waals surface area contributed by atoms with Gasteiger partial charge in [0, 0.05) is 12.6 Å². The van der Waals surface area contributed by atoms with E-state index < -0.39 is 0 Å². The third kappa shape index (κ3) is 3.18. The van der Waals surface area contributed by atoms with Crippen molar-refractivity contribution in [3.05, 3.63) is 59.5 Å². The molecular weight excluding hydrogens is 262 g/mol. The van der Waals surface area contributed by atoms with E-state index >= 15 is 0 Å². The maximum Gasteiger partial charge on any atom is 0.290 e. The Morgan fingerprint density at radius 3 is 2.48 bits per heavy atom. The fraction of sp³-hybridized carbons (Fsp3) is 0.389. The molecule has 1 fully saturated rings. The first-order valence-corrected chi connectivity index (χ1v) is 7.58. The monoisotopic (exact) mass is 283 g/mol. The number of hydrogen-bond acceptors (Lipinski definition) is 2. The molecule has 0 radical (unpaired) electrons. The highest BCUT2D eigenvalue weighted by Gasteiger charge is 2.34. The zero-order valence-electron chi connectivity index (χ0n) is 12.6. The number of benzene rings is 1. The molecular formula is C18H21NO2. The highest BCUT2D eigenvalue weighted by molar-refractivity contribution is 5.91. The summed E-state index contributed by atoms with van der Waals surface area (Å²) in [5.41, 5.74) is 2.50. The van der Waals surface area contributed by atoms with Crippen LogP contribution in [0.1, 0.15) is 54.3 Å². The van der Waals surface area contributed by atoms with Crippen LogP contribution in [0.5, 0.6) is 0 Å². The van der Waals surface area contributed by atoms with Crippen LogP contribution >= 0.6 is 0 Å². The Morgan fingerprint density at radius 2 is 1.95 bits per heavy atom. The molecule has 0 aliphatic heterocycles. The highest BCUT2D eigenvalue weighted by atomic mass is 16.3. The molecule has 0 atom stereocenters. The molecule has 1 aromatic heterocycles. The molecule has 0 N–H and O–H groups in total. The van der Waals surface area contributed by atoms with Gasteiger partial charge in [-0.15, -0.1) is 0 Å². The van der Waals surface area contributed by atoms with E-state index in [0.29, 0.717) is 24.3 Å². The van der Waals surface area contributed by atoms with Crippen LogP contribution in [0, 0.1) is 0 Å². The minimum atomic E-state index is -0.00423. The molecule has 0 saturated heterocycles. The Morgan fingerprint density at radius 1 is 1.24 bits per heavy atom. The van der Waals surface area contributed by atoms with Crippen LogP contribution < -0.4 is 0 Å². The molecule has 21 heavy (non-hydrogen) atoms. The van der Waals surface area contributed by atoms with Crippen molar-refractivity contribution < 1.29 is 9.21 Å². The zero-order valence-corrected chi connectivity index (χ0v) is 12.6. The summed E-state index contributed by atoms with van der Waals surface area (Å²) in [6.07, 6.45) is 3.74. The van der Waals surface area contributed by atoms with Gasteiger partial charge < -0.3 is 9.32 Å². The quantitative estimate of drug-likeness (QED) is 0.823. The van der Waals surface area contributed by atoms with Gasteiger partial charge in [-0.25, -0.2) is 0 Å². The summed E-state index contributed by atoms with van der Waals surface area (Å²) in [4.78, 5) is 14.4. The Hall–Kier alpha value is -2.03. The highest BCUT2D eigenvalue weighted by Crippen LogP contribution is 2.30. The second-order valence-electron chi connectivity index (χ2n) is 6.04. The average molecular weight is 283 g/mol. The van der Waals surface area contributed by atoms with Crippen molar-refractivity contribution in [3.8, 4) is 0 Å². The molecule has 1 saturated carbocycles. The van der Waals surface area contributed by atoms with Crippen LogP contribution in [0.25, 0.3) is 0 Å². The molecule has 2 aromatic rings. The van der Waals surface area contributed by atoms with E-state index in [1.165, 1.54) is 11.1 Å². The van der Waals surface area contributed by atoms with Crippen LogP contribution in [-0.2, 0) is 6.54 Å². The molecule has 3 rings (SSSR count). The first-order chi connectivity index (χ1) is 10.1. The first-order valence-electron chi connectivity index (χ1n) is 7.58. The van der Waals surface area contributed by atoms with E-state index in [9.17, 15) is 4.79 Å². The maximum absolute atomic E-state index is 12.5. The molecule has 1 heterocycles. The summed E-state index contributed by atoms with van der Waals surface area (Å²) in [5.74, 6) is 0.958. The number of rotatable bonds is 5. The minimum absolute atomic E-state index is 0.00423. The Kier molecular flexibility index (Phi) is 3.82. The lowest BCUT2D eigenvalue weighted by Gasteiger charge is -2.21. The van der Waals surface area contributed by atoms with E-state index in [1.807, 2.05) is 4.90 Å². The summed E-state index contributed by atoms with van der Waals surface area (Å²) < 4.78 is 5.25. The number of furan rings is 1. The summed E-state index contributed by atoms with van der Waals surface area (Å²) in [5, 5.41) is 0. The summed E-state index contributed by atoms with van der Waals surface area (Å²) in [7, 11) is 0. The van der Waals surface area contributed by atoms with Gasteiger partial charge >= 0.3 is 0 Å². The van der Waals surface area contributed by atoms with Gasteiger partial charge in [-0.2, -0.15) is 0 Å². The maximum atomic E-state index is 12.5. The molecule has 0 spiro atoms. The van der Waals surface area contributed by atoms with Gasteiger partial charge in [0.05, 0.1) is 6.26 Å². The third-order valence-corrected chi connectivity index (χ3v) is 3.98. The second-order valence-corrected chi connectivity index (χ2v) is 6.04. The number of amides is 1. The molecule has 3 heteroatoms. The third-order valence-electron chi connectivity index (χ3n) is 3.98. The molecule has 1 aliphatic carbocycles. The Balaban J connectivity index is 1.75. The number of carbonyl (C=O) groups excluding carboxylic acids is 1. The Bertz CT molecular complexity index is 595. The molecule has 1 aliphatic rings. The largest absolute Gasteiger partial charge is 0.459 e. The standard InChI is InChI=1S/C18H21NO2/c1-13(2)15-7-5-14(6-8-15)12-19(16-9-10-16)18(20)17-4-3-11-21-17/h3-8,11,13,16H,9-10,12H2,1-2H3. The van der Waals surface area contributed by atoms with Gasteiger partial charge in [0.2, 0.25) is 0 Å². The average Bonchev–Trinajstić information content (AvgIpc) is 3.18. The van der Waals surface area contributed by atoms with Gasteiger partial charge in [0.15, 0.2) is 5.76 Å². The lowest BCUT2D eigenvalue weighted by molar-refractivity contribution is 0.0697. The second kappa shape index (κ2) is 5.76. The summed E-state index contributed by atoms with van der Waals surface area (Å²) >= 11 is 0. The van der Waals surface area contributed by atoms with E-state index in [2.05, 4.69) is 38.1 Å². The summed E-state index contributed by atoms with van der Waals surface area (Å²) in [6, 6.07) is 12.4. The zero-order chi connectivity index (χ0) is 14.8. The van der Waals surface area contributed by atoms with Gasteiger partial charge in [-0.3, -0.25) is 4.79 Å². The van der Waals surface area contributed by atoms with E-state index in [1.54, 1.807) is 18.4 Å². The van der Waals surface area contributed by atoms with Crippen molar-refractivity contribution in [3.63, 3.8) is 0 Å². The smallest absolute Gasteiger partial charge is 0.290 e. The SMILES string of the molecule is CC(C)c1ccc(CN(C(=O)c2ccco2)C2CC2)cc1. The van der Waals surface area contributed by atoms with Crippen molar-refractivity contribution in [2.45, 2.75) is 45.2 Å². The molecule has 1 amide bonds. The lowest BCUT2D eigenvalue weighted by atomic mass is 10.0. The van der Waals surface area contributed by atoms with Crippen LogP contribution in [0.15, 0.2) is 47.1 Å². The summed E-state index contributed by atoms with van der Waals surface area (Å²) in [6.45, 7) is 5.03. The molecule has 0 unspecified atom stereocenters. The van der Waals surface area contributed by atoms with Crippen LogP contribution in [-0.4, -0.2) is 16.8 Å². The molecule has 3 nitrogen and oxygen atoms in total. The molecule has 110 valence electrons. The number of nitrogens with zero attached hydrogens (tertiary/aromatic N) is 1. The van der Waals surface area contributed by atoms with Crippen molar-refractivity contribution in [1.82, 2.24) is 4.90 Å². The van der Waals surface area contributed by atoms with E-state index in [4.69, 9.17) is 4.42 Å². The van der Waals surface area contributed by atoms with Crippen molar-refractivity contribution in [1.29, 1.82) is 0 Å². The normalized spacial score (nSPS) is 14.4. The molecule has 0 bridgehead atoms. The first kappa shape index (κ1) is 13.9. The van der Waals surface area contributed by atoms with Crippen LogP contribution in [0.3, 0.4) is 0 Å². The topological polar surface area (TPSA) is 33.5 Å². The van der Waals surface area contributed by atoms with Crippen molar-refractivity contribution in [2.24, 2.45) is 0 Å². The predicted octanol–water partition coefficient (Wildman–Crippen LogP) is 4.21. The fourth-order valence-electron chi connectivity index (χ4n) is 2.50. The van der Waals surface area contributed by atoms with Crippen molar-refractivity contribution >= 4 is 5.91 Å². The predicted molar refractivity (Wildman–Crippen MR) is 82.1 cm³/mol. The minimum Gasteiger partial charge on any atom is -0.459 e. The lowest BCUT2D eigenvalue weighted by Crippen LogP contribution is -2.32. The van der Waals surface area contributed by atoms with Gasteiger partial charge in [-0.1, -0.05) is 38.1 Å². The Labute approximate surface area is 125 Å². The van der Waals surface area contributed by atoms with E-state index in [-0.39, 0.29) is 5.91 Å². The van der Waals surface area contributed by atoms with Crippen molar-refractivity contribution in [2.75, 3.05) is 0 Å². The van der Waals surface area contributed by atoms with Gasteiger partial charge in [-0.05, 0) is 42.0 Å². The van der Waals surface area contributed by atoms with Crippen LogP contribution in [0.4, 0.5) is 0 Å². The van der Waals surface area contributed by atoms with Crippen LogP contribution in [0.2, 0.25) is 0 Å². The number of carbonyl (C=O) groups is 1. The molecule has 1 aromatic carbocycles. The van der Waals surface area contributed by atoms with Gasteiger partial charge in [0.1, 0.15) is 0 Å². The van der Waals surface area contributed by atoms with E-state index in [0.717, 1.165) is 12.8 Å². The fourth-order valence-corrected chi connectivity index (χ4v) is 2.50. The van der Waals surface area contributed by atoms with Gasteiger partial charge in [0.25, 0.3) is 5.91 Å².